The number of hydrogen-bond acceptors (Lipinski definition) is 2. The van der Waals surface area contributed by atoms with E-state index in [1.54, 1.807) is 7.11 Å². The maximum atomic E-state index is 8.99. The van der Waals surface area contributed by atoms with E-state index < -0.39 is 0 Å². The lowest BCUT2D eigenvalue weighted by Gasteiger charge is -2.10. The van der Waals surface area contributed by atoms with Gasteiger partial charge < -0.3 is 9.84 Å². The van der Waals surface area contributed by atoms with Crippen molar-refractivity contribution in [3.63, 3.8) is 0 Å². The van der Waals surface area contributed by atoms with Crippen molar-refractivity contribution in [1.82, 2.24) is 0 Å². The minimum absolute atomic E-state index is 0.264. The summed E-state index contributed by atoms with van der Waals surface area (Å²) < 4.78 is 5.39. The Morgan fingerprint density at radius 1 is 1.26 bits per heavy atom. The van der Waals surface area contributed by atoms with Crippen LogP contribution in [0.25, 0.3) is 6.08 Å². The van der Waals surface area contributed by atoms with Gasteiger partial charge in [-0.2, -0.15) is 0 Å². The normalized spacial score (nSPS) is 13.2. The first-order valence-electron chi connectivity index (χ1n) is 7.03. The van der Waals surface area contributed by atoms with Crippen LogP contribution in [0.3, 0.4) is 0 Å². The molecule has 2 heteroatoms. The summed E-state index contributed by atoms with van der Waals surface area (Å²) in [7, 11) is 1.70. The number of aliphatic hydroxyl groups excluding tert-OH is 1. The third-order valence-corrected chi connectivity index (χ3v) is 3.36. The molecule has 0 aliphatic carbocycles. The molecule has 1 aromatic carbocycles. The van der Waals surface area contributed by atoms with Gasteiger partial charge in [0.2, 0.25) is 0 Å². The average Bonchev–Trinajstić information content (AvgIpc) is 2.42. The monoisotopic (exact) mass is 262 g/mol. The summed E-state index contributed by atoms with van der Waals surface area (Å²) in [6, 6.07) is 6.34. The van der Waals surface area contributed by atoms with Gasteiger partial charge in [0.15, 0.2) is 0 Å². The Morgan fingerprint density at radius 3 is 2.58 bits per heavy atom. The van der Waals surface area contributed by atoms with Crippen LogP contribution in [0.15, 0.2) is 24.3 Å². The number of methoxy groups -OCH3 is 1. The molecule has 0 saturated heterocycles. The van der Waals surface area contributed by atoms with Gasteiger partial charge in [0, 0.05) is 12.2 Å². The second kappa shape index (κ2) is 8.00. The fraction of sp³-hybridized carbons (Fsp3) is 0.529. The second-order valence-electron chi connectivity index (χ2n) is 5.42. The molecule has 0 fully saturated rings. The van der Waals surface area contributed by atoms with E-state index >= 15 is 0 Å². The highest BCUT2D eigenvalue weighted by molar-refractivity contribution is 5.58. The first-order valence-corrected chi connectivity index (χ1v) is 7.03. The number of allylic oxidation sites excluding steroid dienone is 1. The smallest absolute Gasteiger partial charge is 0.126 e. The van der Waals surface area contributed by atoms with Crippen LogP contribution in [-0.2, 0) is 0 Å². The van der Waals surface area contributed by atoms with E-state index in [0.29, 0.717) is 11.8 Å². The Hall–Kier alpha value is -1.28. The number of aliphatic hydroxyl groups is 1. The van der Waals surface area contributed by atoms with Crippen molar-refractivity contribution in [3.05, 3.63) is 35.4 Å². The van der Waals surface area contributed by atoms with E-state index in [-0.39, 0.29) is 6.61 Å². The zero-order valence-corrected chi connectivity index (χ0v) is 12.5. The topological polar surface area (TPSA) is 29.5 Å². The molecule has 0 bridgehead atoms. The van der Waals surface area contributed by atoms with Crippen LogP contribution >= 0.6 is 0 Å². The Morgan fingerprint density at radius 2 is 2.00 bits per heavy atom. The molecule has 0 unspecified atom stereocenters. The van der Waals surface area contributed by atoms with Crippen LogP contribution in [0.4, 0.5) is 0 Å². The quantitative estimate of drug-likeness (QED) is 0.796. The van der Waals surface area contributed by atoms with Gasteiger partial charge in [0.1, 0.15) is 5.75 Å². The molecule has 0 aromatic heterocycles. The molecule has 0 heterocycles. The SMILES string of the molecule is COc1ccc(C(C)C)cc1/C=C/CC[C@@H](C)CO. The highest BCUT2D eigenvalue weighted by atomic mass is 16.5. The fourth-order valence-electron chi connectivity index (χ4n) is 1.92. The molecule has 1 rings (SSSR count). The molecule has 2 nitrogen and oxygen atoms in total. The van der Waals surface area contributed by atoms with Crippen molar-refractivity contribution in [1.29, 1.82) is 0 Å². The zero-order valence-electron chi connectivity index (χ0n) is 12.5. The maximum Gasteiger partial charge on any atom is 0.126 e. The lowest BCUT2D eigenvalue weighted by molar-refractivity contribution is 0.231. The van der Waals surface area contributed by atoms with Gasteiger partial charge in [-0.05, 0) is 42.4 Å². The summed E-state index contributed by atoms with van der Waals surface area (Å²) in [5.74, 6) is 1.80. The summed E-state index contributed by atoms with van der Waals surface area (Å²) in [5.41, 5.74) is 2.45. The van der Waals surface area contributed by atoms with E-state index in [4.69, 9.17) is 9.84 Å². The first kappa shape index (κ1) is 15.8. The van der Waals surface area contributed by atoms with Crippen LogP contribution in [0.1, 0.15) is 50.7 Å². The van der Waals surface area contributed by atoms with Crippen molar-refractivity contribution < 1.29 is 9.84 Å². The summed E-state index contributed by atoms with van der Waals surface area (Å²) in [6.45, 7) is 6.71. The van der Waals surface area contributed by atoms with Crippen molar-refractivity contribution in [2.24, 2.45) is 5.92 Å². The molecule has 1 N–H and O–H groups in total. The minimum Gasteiger partial charge on any atom is -0.496 e. The van der Waals surface area contributed by atoms with E-state index in [2.05, 4.69) is 45.1 Å². The van der Waals surface area contributed by atoms with E-state index in [1.807, 2.05) is 6.07 Å². The zero-order chi connectivity index (χ0) is 14.3. The van der Waals surface area contributed by atoms with Gasteiger partial charge in [-0.25, -0.2) is 0 Å². The Kier molecular flexibility index (Phi) is 6.65. The summed E-state index contributed by atoms with van der Waals surface area (Å²) in [5, 5.41) is 8.99. The third-order valence-electron chi connectivity index (χ3n) is 3.36. The van der Waals surface area contributed by atoms with Crippen LogP contribution in [0.2, 0.25) is 0 Å². The first-order chi connectivity index (χ1) is 9.08. The minimum atomic E-state index is 0.264. The van der Waals surface area contributed by atoms with Crippen molar-refractivity contribution in [2.45, 2.75) is 39.5 Å². The molecule has 1 atom stereocenters. The fourth-order valence-corrected chi connectivity index (χ4v) is 1.92. The summed E-state index contributed by atoms with van der Waals surface area (Å²) >= 11 is 0. The molecule has 0 radical (unpaired) electrons. The Balaban J connectivity index is 2.74. The van der Waals surface area contributed by atoms with Gasteiger partial charge in [-0.3, -0.25) is 0 Å². The predicted octanol–water partition coefficient (Wildman–Crippen LogP) is 4.24. The largest absolute Gasteiger partial charge is 0.496 e. The van der Waals surface area contributed by atoms with E-state index in [9.17, 15) is 0 Å². The number of ether oxygens (including phenoxy) is 1. The second-order valence-corrected chi connectivity index (χ2v) is 5.42. The van der Waals surface area contributed by atoms with Gasteiger partial charge in [-0.1, -0.05) is 39.0 Å². The lowest BCUT2D eigenvalue weighted by Crippen LogP contribution is -1.98. The van der Waals surface area contributed by atoms with Gasteiger partial charge in [-0.15, -0.1) is 0 Å². The highest BCUT2D eigenvalue weighted by Crippen LogP contribution is 2.25. The molecule has 0 aliphatic heterocycles. The molecular formula is C17H26O2. The lowest BCUT2D eigenvalue weighted by atomic mass is 9.99. The maximum absolute atomic E-state index is 8.99. The molecule has 0 amide bonds. The number of hydrogen-bond donors (Lipinski definition) is 1. The van der Waals surface area contributed by atoms with Crippen molar-refractivity contribution in [2.75, 3.05) is 13.7 Å². The molecular weight excluding hydrogens is 236 g/mol. The predicted molar refractivity (Wildman–Crippen MR) is 81.6 cm³/mol. The molecule has 0 saturated carbocycles. The Bertz CT molecular complexity index is 408. The molecule has 106 valence electrons. The third kappa shape index (κ3) is 5.07. The van der Waals surface area contributed by atoms with E-state index in [0.717, 1.165) is 24.2 Å². The van der Waals surface area contributed by atoms with Crippen molar-refractivity contribution >= 4 is 6.08 Å². The molecule has 0 aliphatic rings. The highest BCUT2D eigenvalue weighted by Gasteiger charge is 2.04. The molecule has 1 aromatic rings. The van der Waals surface area contributed by atoms with Crippen LogP contribution in [-0.4, -0.2) is 18.8 Å². The van der Waals surface area contributed by atoms with Crippen molar-refractivity contribution in [3.8, 4) is 5.75 Å². The Labute approximate surface area is 117 Å². The molecule has 0 spiro atoms. The summed E-state index contributed by atoms with van der Waals surface area (Å²) in [6.07, 6.45) is 6.28. The van der Waals surface area contributed by atoms with Gasteiger partial charge in [0.05, 0.1) is 7.11 Å². The van der Waals surface area contributed by atoms with Crippen LogP contribution < -0.4 is 4.74 Å². The molecule has 19 heavy (non-hydrogen) atoms. The van der Waals surface area contributed by atoms with Crippen LogP contribution in [0.5, 0.6) is 5.75 Å². The number of benzene rings is 1. The van der Waals surface area contributed by atoms with Gasteiger partial charge >= 0.3 is 0 Å². The number of rotatable bonds is 7. The van der Waals surface area contributed by atoms with Gasteiger partial charge in [0.25, 0.3) is 0 Å². The van der Waals surface area contributed by atoms with Crippen LogP contribution in [0, 0.1) is 5.92 Å². The summed E-state index contributed by atoms with van der Waals surface area (Å²) in [4.78, 5) is 0. The van der Waals surface area contributed by atoms with E-state index in [1.165, 1.54) is 5.56 Å². The average molecular weight is 262 g/mol. The standard InChI is InChI=1S/C17H26O2/c1-13(2)15-9-10-17(19-4)16(11-15)8-6-5-7-14(3)12-18/h6,8-11,13-14,18H,5,7,12H2,1-4H3/b8-6+/t14-/m1/s1.